The van der Waals surface area contributed by atoms with Gasteiger partial charge in [0.05, 0.1) is 0 Å². The highest BCUT2D eigenvalue weighted by Gasteiger charge is 2.39. The fraction of sp³-hybridized carbons (Fsp3) is 0.588. The number of carbonyl (C=O) groups is 1. The summed E-state index contributed by atoms with van der Waals surface area (Å²) < 4.78 is 13.0. The molecule has 114 valence electrons. The highest BCUT2D eigenvalue weighted by molar-refractivity contribution is 5.94. The van der Waals surface area contributed by atoms with Gasteiger partial charge in [-0.2, -0.15) is 0 Å². The number of halogens is 1. The van der Waals surface area contributed by atoms with E-state index in [1.807, 2.05) is 4.90 Å². The Hall–Kier alpha value is -1.42. The quantitative estimate of drug-likeness (QED) is 0.854. The summed E-state index contributed by atoms with van der Waals surface area (Å²) in [6.45, 7) is 5.23. The van der Waals surface area contributed by atoms with E-state index in [-0.39, 0.29) is 11.7 Å². The van der Waals surface area contributed by atoms with Crippen LogP contribution in [0.4, 0.5) is 4.39 Å². The maximum atomic E-state index is 13.0. The van der Waals surface area contributed by atoms with Gasteiger partial charge >= 0.3 is 0 Å². The molecule has 3 rings (SSSR count). The summed E-state index contributed by atoms with van der Waals surface area (Å²) in [4.78, 5) is 17.2. The van der Waals surface area contributed by atoms with Crippen LogP contribution in [-0.2, 0) is 0 Å². The van der Waals surface area contributed by atoms with Crippen LogP contribution in [0.3, 0.4) is 0 Å². The van der Waals surface area contributed by atoms with E-state index in [1.54, 1.807) is 12.1 Å². The Morgan fingerprint density at radius 1 is 1.14 bits per heavy atom. The molecule has 2 atom stereocenters. The predicted molar refractivity (Wildman–Crippen MR) is 80.7 cm³/mol. The summed E-state index contributed by atoms with van der Waals surface area (Å²) >= 11 is 0. The maximum Gasteiger partial charge on any atom is 0.254 e. The van der Waals surface area contributed by atoms with E-state index in [2.05, 4.69) is 11.8 Å². The molecule has 0 aromatic heterocycles. The fourth-order valence-electron chi connectivity index (χ4n) is 3.88. The second-order valence-corrected chi connectivity index (χ2v) is 6.05. The molecule has 0 aliphatic carbocycles. The molecule has 2 heterocycles. The first kappa shape index (κ1) is 14.5. The number of hydrogen-bond acceptors (Lipinski definition) is 2. The molecule has 0 unspecified atom stereocenters. The van der Waals surface area contributed by atoms with Crippen LogP contribution in [0.5, 0.6) is 0 Å². The van der Waals surface area contributed by atoms with E-state index in [1.165, 1.54) is 25.0 Å². The first-order valence-electron chi connectivity index (χ1n) is 8.01. The van der Waals surface area contributed by atoms with Gasteiger partial charge in [-0.25, -0.2) is 4.39 Å². The van der Waals surface area contributed by atoms with E-state index < -0.39 is 0 Å². The molecule has 0 spiro atoms. The summed E-state index contributed by atoms with van der Waals surface area (Å²) in [6.07, 6.45) is 4.58. The summed E-state index contributed by atoms with van der Waals surface area (Å²) in [6, 6.07) is 6.75. The van der Waals surface area contributed by atoms with Crippen molar-refractivity contribution in [2.75, 3.05) is 19.6 Å². The molecule has 1 amide bonds. The molecule has 0 saturated carbocycles. The normalized spacial score (nSPS) is 26.5. The van der Waals surface area contributed by atoms with Crippen LogP contribution < -0.4 is 0 Å². The van der Waals surface area contributed by atoms with Gasteiger partial charge < -0.3 is 4.90 Å². The molecule has 0 bridgehead atoms. The van der Waals surface area contributed by atoms with Crippen LogP contribution in [0.15, 0.2) is 24.3 Å². The molecular formula is C17H23FN2O. The molecule has 0 radical (unpaired) electrons. The molecule has 2 aliphatic rings. The Bertz CT molecular complexity index is 502. The summed E-state index contributed by atoms with van der Waals surface area (Å²) in [5.41, 5.74) is 0.601. The van der Waals surface area contributed by atoms with Gasteiger partial charge in [0.2, 0.25) is 0 Å². The zero-order chi connectivity index (χ0) is 14.8. The third-order valence-electron chi connectivity index (χ3n) is 4.92. The Kier molecular flexibility index (Phi) is 4.24. The third-order valence-corrected chi connectivity index (χ3v) is 4.92. The zero-order valence-corrected chi connectivity index (χ0v) is 12.6. The zero-order valence-electron chi connectivity index (χ0n) is 12.6. The number of likely N-dealkylation sites (tertiary alicyclic amines) is 2. The van der Waals surface area contributed by atoms with Crippen molar-refractivity contribution in [2.45, 2.75) is 44.7 Å². The SMILES string of the molecule is CCN1CCC[C@H]1[C@@H]1CCCN1C(=O)c1ccc(F)cc1. The highest BCUT2D eigenvalue weighted by atomic mass is 19.1. The Morgan fingerprint density at radius 2 is 1.81 bits per heavy atom. The van der Waals surface area contributed by atoms with Gasteiger partial charge in [0.1, 0.15) is 5.82 Å². The van der Waals surface area contributed by atoms with Crippen molar-refractivity contribution in [3.05, 3.63) is 35.6 Å². The average molecular weight is 290 g/mol. The number of benzene rings is 1. The molecular weight excluding hydrogens is 267 g/mol. The van der Waals surface area contributed by atoms with Crippen molar-refractivity contribution >= 4 is 5.91 Å². The monoisotopic (exact) mass is 290 g/mol. The Labute approximate surface area is 125 Å². The van der Waals surface area contributed by atoms with Crippen LogP contribution in [0.25, 0.3) is 0 Å². The van der Waals surface area contributed by atoms with E-state index in [0.717, 1.165) is 32.5 Å². The van der Waals surface area contributed by atoms with E-state index in [0.29, 0.717) is 17.6 Å². The number of amides is 1. The summed E-state index contributed by atoms with van der Waals surface area (Å²) in [5.74, 6) is -0.238. The second-order valence-electron chi connectivity index (χ2n) is 6.05. The van der Waals surface area contributed by atoms with Crippen LogP contribution >= 0.6 is 0 Å². The van der Waals surface area contributed by atoms with E-state index in [4.69, 9.17) is 0 Å². The van der Waals surface area contributed by atoms with Gasteiger partial charge in [0.25, 0.3) is 5.91 Å². The number of rotatable bonds is 3. The van der Waals surface area contributed by atoms with Crippen molar-refractivity contribution in [1.82, 2.24) is 9.80 Å². The van der Waals surface area contributed by atoms with Gasteiger partial charge in [-0.15, -0.1) is 0 Å². The summed E-state index contributed by atoms with van der Waals surface area (Å²) in [7, 11) is 0. The first-order valence-corrected chi connectivity index (χ1v) is 8.01. The second kappa shape index (κ2) is 6.14. The van der Waals surface area contributed by atoms with Crippen molar-refractivity contribution in [3.8, 4) is 0 Å². The lowest BCUT2D eigenvalue weighted by molar-refractivity contribution is 0.0650. The number of hydrogen-bond donors (Lipinski definition) is 0. The van der Waals surface area contributed by atoms with E-state index in [9.17, 15) is 9.18 Å². The standard InChI is InChI=1S/C17H23FN2O/c1-2-19-11-3-5-15(19)16-6-4-12-20(16)17(21)13-7-9-14(18)10-8-13/h7-10,15-16H,2-6,11-12H2,1H3/t15-,16-/m0/s1. The molecule has 0 N–H and O–H groups in total. The van der Waals surface area contributed by atoms with Gasteiger partial charge in [-0.3, -0.25) is 9.69 Å². The third kappa shape index (κ3) is 2.82. The lowest BCUT2D eigenvalue weighted by Crippen LogP contribution is -2.48. The predicted octanol–water partition coefficient (Wildman–Crippen LogP) is 2.91. The topological polar surface area (TPSA) is 23.6 Å². The maximum absolute atomic E-state index is 13.0. The number of nitrogens with zero attached hydrogens (tertiary/aromatic N) is 2. The van der Waals surface area contributed by atoms with E-state index >= 15 is 0 Å². The van der Waals surface area contributed by atoms with Gasteiger partial charge in [-0.1, -0.05) is 6.92 Å². The fourth-order valence-corrected chi connectivity index (χ4v) is 3.88. The van der Waals surface area contributed by atoms with Crippen LogP contribution in [0.2, 0.25) is 0 Å². The largest absolute Gasteiger partial charge is 0.334 e. The minimum atomic E-state index is -0.294. The lowest BCUT2D eigenvalue weighted by atomic mass is 10.0. The molecule has 2 fully saturated rings. The molecule has 3 nitrogen and oxygen atoms in total. The minimum Gasteiger partial charge on any atom is -0.334 e. The average Bonchev–Trinajstić information content (AvgIpc) is 3.15. The van der Waals surface area contributed by atoms with Crippen molar-refractivity contribution in [2.24, 2.45) is 0 Å². The van der Waals surface area contributed by atoms with Crippen LogP contribution in [-0.4, -0.2) is 47.4 Å². The molecule has 21 heavy (non-hydrogen) atoms. The number of likely N-dealkylation sites (N-methyl/N-ethyl adjacent to an activating group) is 1. The van der Waals surface area contributed by atoms with Crippen molar-refractivity contribution in [1.29, 1.82) is 0 Å². The first-order chi connectivity index (χ1) is 10.2. The molecule has 2 aliphatic heterocycles. The Balaban J connectivity index is 1.77. The smallest absolute Gasteiger partial charge is 0.254 e. The lowest BCUT2D eigenvalue weighted by Gasteiger charge is -2.34. The highest BCUT2D eigenvalue weighted by Crippen LogP contribution is 2.30. The molecule has 1 aromatic carbocycles. The Morgan fingerprint density at radius 3 is 2.52 bits per heavy atom. The van der Waals surface area contributed by atoms with Gasteiger partial charge in [0.15, 0.2) is 0 Å². The number of carbonyl (C=O) groups excluding carboxylic acids is 1. The molecule has 2 saturated heterocycles. The minimum absolute atomic E-state index is 0.0560. The van der Waals surface area contributed by atoms with Gasteiger partial charge in [-0.05, 0) is 63.0 Å². The van der Waals surface area contributed by atoms with Crippen molar-refractivity contribution < 1.29 is 9.18 Å². The van der Waals surface area contributed by atoms with Crippen molar-refractivity contribution in [3.63, 3.8) is 0 Å². The van der Waals surface area contributed by atoms with Crippen LogP contribution in [0.1, 0.15) is 43.0 Å². The molecule has 4 heteroatoms. The summed E-state index contributed by atoms with van der Waals surface area (Å²) in [5, 5.41) is 0. The van der Waals surface area contributed by atoms with Gasteiger partial charge in [0, 0.05) is 24.2 Å². The molecule has 1 aromatic rings. The van der Waals surface area contributed by atoms with Crippen LogP contribution in [0, 0.1) is 5.82 Å².